The number of Topliss-reactive ketones (excluding diaryl/α,β-unsaturated/α-hetero) is 1. The third-order valence-corrected chi connectivity index (χ3v) is 13.6. The molecule has 0 spiro atoms. The second-order valence-electron chi connectivity index (χ2n) is 17.6. The molecule has 0 unspecified atom stereocenters. The van der Waals surface area contributed by atoms with Gasteiger partial charge in [0.25, 0.3) is 22.0 Å². The molecule has 21 nitrogen and oxygen atoms in total. The maximum absolute atomic E-state index is 15.0. The highest BCUT2D eigenvalue weighted by Gasteiger charge is 2.49. The largest absolute Gasteiger partial charge is 0.489 e. The number of ketones is 1. The van der Waals surface area contributed by atoms with Crippen LogP contribution in [-0.2, 0) is 53.0 Å². The lowest BCUT2D eigenvalue weighted by Gasteiger charge is -2.35. The minimum atomic E-state index is -4.08. The van der Waals surface area contributed by atoms with Crippen LogP contribution in [0.1, 0.15) is 64.9 Å². The van der Waals surface area contributed by atoms with E-state index < -0.39 is 88.6 Å². The summed E-state index contributed by atoms with van der Waals surface area (Å²) >= 11 is 0. The van der Waals surface area contributed by atoms with Crippen molar-refractivity contribution in [1.82, 2.24) is 6.15 Å². The van der Waals surface area contributed by atoms with Crippen molar-refractivity contribution >= 4 is 62.8 Å². The molecule has 0 radical (unpaired) electrons. The Morgan fingerprint density at radius 1 is 0.676 bits per heavy atom. The molecular weight excluding hydrogens is 1020 g/mol. The number of rotatable bonds is 11. The van der Waals surface area contributed by atoms with Crippen molar-refractivity contribution in [3.8, 4) is 11.5 Å². The third-order valence-electron chi connectivity index (χ3n) is 12.3. The van der Waals surface area contributed by atoms with Crippen LogP contribution in [0.3, 0.4) is 0 Å². The van der Waals surface area contributed by atoms with Crippen LogP contribution >= 0.6 is 0 Å². The van der Waals surface area contributed by atoms with Gasteiger partial charge in [0.15, 0.2) is 6.10 Å². The van der Waals surface area contributed by atoms with Crippen LogP contribution in [-0.4, -0.2) is 126 Å². The zero-order chi connectivity index (χ0) is 52.3. The summed E-state index contributed by atoms with van der Waals surface area (Å²) in [4.78, 5) is 69.1. The van der Waals surface area contributed by atoms with E-state index in [1.54, 1.807) is 17.0 Å². The van der Waals surface area contributed by atoms with E-state index in [4.69, 9.17) is 23.1 Å². The molecule has 74 heavy (non-hydrogen) atoms. The molecule has 2 amide bonds. The standard InChI is InChI=1S/C23H23F3N2O6S.C19H21F3N2O4.C4H6O5.H3N.H2O/c1-14-2-4-15(5-3-14)35(30,31)33-13-21-19-12-32-20-11-17(27-8-6-23(25,26)7-9-27)16(24)10-18(20)28(19)22(29)34-21;1-11(25)2-3-16-15-10-27-17-9-13(23-6-4-19(21,22)5-7-23)12(20)8-14(17)24(15)18(26)28-16;1-3(5)7-9-8-4(2)6;;/h2-5,10-11,19,21H,6-9,12-13H2,1H3;8-9,15-16H,2-7,10H2,1H3;1-2H3;1H3;1H2/t19-,21-;15-,16-;;;/m00.../s1. The zero-order valence-electron chi connectivity index (χ0n) is 40.4. The number of benzene rings is 3. The van der Waals surface area contributed by atoms with Gasteiger partial charge < -0.3 is 45.2 Å². The number of carbonyl (C=O) groups is 5. The smallest absolute Gasteiger partial charge is 0.415 e. The Morgan fingerprint density at radius 2 is 1.09 bits per heavy atom. The van der Waals surface area contributed by atoms with E-state index in [1.807, 2.05) is 6.92 Å². The molecule has 6 heterocycles. The van der Waals surface area contributed by atoms with Crippen molar-refractivity contribution in [2.45, 2.75) is 107 Å². The molecule has 0 saturated carbocycles. The summed E-state index contributed by atoms with van der Waals surface area (Å²) < 4.78 is 136. The van der Waals surface area contributed by atoms with E-state index in [0.717, 1.165) is 25.5 Å². The second kappa shape index (κ2) is 23.7. The highest BCUT2D eigenvalue weighted by molar-refractivity contribution is 7.86. The first-order valence-corrected chi connectivity index (χ1v) is 24.0. The van der Waals surface area contributed by atoms with Crippen LogP contribution in [0, 0.1) is 18.6 Å². The van der Waals surface area contributed by atoms with Gasteiger partial charge in [-0.05, 0) is 32.4 Å². The Morgan fingerprint density at radius 3 is 1.51 bits per heavy atom. The van der Waals surface area contributed by atoms with Crippen LogP contribution in [0.15, 0.2) is 53.4 Å². The molecule has 28 heteroatoms. The van der Waals surface area contributed by atoms with Gasteiger partial charge in [0.05, 0.1) is 27.6 Å². The van der Waals surface area contributed by atoms with Crippen molar-refractivity contribution in [2.24, 2.45) is 0 Å². The highest BCUT2D eigenvalue weighted by atomic mass is 32.2. The topological polar surface area (TPSA) is 273 Å². The summed E-state index contributed by atoms with van der Waals surface area (Å²) in [5, 5.41) is 3.66. The number of halogens is 6. The van der Waals surface area contributed by atoms with Crippen molar-refractivity contribution in [3.05, 3.63) is 65.7 Å². The second-order valence-corrected chi connectivity index (χ2v) is 19.2. The van der Waals surface area contributed by atoms with Gasteiger partial charge in [0.1, 0.15) is 66.9 Å². The first-order chi connectivity index (χ1) is 33.9. The average molecular weight is 1080 g/mol. The molecule has 9 rings (SSSR count). The third kappa shape index (κ3) is 13.8. The summed E-state index contributed by atoms with van der Waals surface area (Å²) in [5.74, 6) is -7.63. The van der Waals surface area contributed by atoms with E-state index in [0.29, 0.717) is 12.2 Å². The normalized spacial score (nSPS) is 21.8. The van der Waals surface area contributed by atoms with E-state index >= 15 is 0 Å². The lowest BCUT2D eigenvalue weighted by Crippen LogP contribution is -2.46. The van der Waals surface area contributed by atoms with E-state index in [9.17, 15) is 58.7 Å². The maximum atomic E-state index is 15.0. The van der Waals surface area contributed by atoms with Gasteiger partial charge in [0.2, 0.25) is 0 Å². The SMILES string of the molecule is CC(=O)CC[C@@H]1OC(=O)N2c3cc(F)c(N4CCC(F)(F)CC4)cc3OC[C@@H]12.CC(=O)OOOC(C)=O.Cc1ccc(S(=O)(=O)OC[C@@H]2OC(=O)N3c4cc(F)c(N5CCC(F)(F)CC5)cc4OC[C@@H]23)cc1.N.O. The van der Waals surface area contributed by atoms with E-state index in [-0.39, 0.29) is 122 Å². The molecule has 3 aromatic carbocycles. The van der Waals surface area contributed by atoms with Crippen molar-refractivity contribution in [2.75, 3.05) is 65.6 Å². The monoisotopic (exact) mass is 1080 g/mol. The number of cyclic esters (lactones) is 2. The lowest BCUT2D eigenvalue weighted by molar-refractivity contribution is -0.458. The van der Waals surface area contributed by atoms with Crippen LogP contribution < -0.4 is 35.2 Å². The minimum absolute atomic E-state index is 0. The lowest BCUT2D eigenvalue weighted by atomic mass is 10.0. The van der Waals surface area contributed by atoms with Crippen LogP contribution in [0.2, 0.25) is 0 Å². The molecule has 4 fully saturated rings. The quantitative estimate of drug-likeness (QED) is 0.0908. The molecule has 4 atom stereocenters. The number of piperidine rings is 2. The molecule has 408 valence electrons. The Labute approximate surface area is 420 Å². The fourth-order valence-electron chi connectivity index (χ4n) is 8.49. The predicted molar refractivity (Wildman–Crippen MR) is 247 cm³/mol. The summed E-state index contributed by atoms with van der Waals surface area (Å²) in [6.45, 7) is 5.27. The van der Waals surface area contributed by atoms with Gasteiger partial charge in [0, 0.05) is 101 Å². The number of hydrogen-bond donors (Lipinski definition) is 1. The number of anilines is 4. The van der Waals surface area contributed by atoms with Crippen molar-refractivity contribution in [3.63, 3.8) is 0 Å². The Hall–Kier alpha value is -6.62. The maximum Gasteiger partial charge on any atom is 0.415 e. The van der Waals surface area contributed by atoms with Gasteiger partial charge >= 0.3 is 24.1 Å². The first-order valence-electron chi connectivity index (χ1n) is 22.6. The summed E-state index contributed by atoms with van der Waals surface area (Å²) in [5.41, 5.74) is 1.58. The number of alkyl halides is 4. The zero-order valence-corrected chi connectivity index (χ0v) is 41.2. The van der Waals surface area contributed by atoms with Crippen LogP contribution in [0.25, 0.3) is 0 Å². The fourth-order valence-corrected chi connectivity index (χ4v) is 9.41. The summed E-state index contributed by atoms with van der Waals surface area (Å²) in [6.07, 6.45) is -3.62. The Kier molecular flexibility index (Phi) is 18.7. The number of hydrogen-bond acceptors (Lipinski definition) is 18. The molecule has 0 aliphatic carbocycles. The molecule has 0 aromatic heterocycles. The van der Waals surface area contributed by atoms with Crippen molar-refractivity contribution in [1.29, 1.82) is 0 Å². The molecular formula is C46H55F6N5O16S. The number of aryl methyl sites for hydroxylation is 1. The Balaban J connectivity index is 0.000000234. The number of fused-ring (bicyclic) bond motifs is 6. The molecule has 3 aromatic rings. The summed E-state index contributed by atoms with van der Waals surface area (Å²) in [6, 6.07) is 10.1. The van der Waals surface area contributed by atoms with Gasteiger partial charge in [-0.2, -0.15) is 8.42 Å². The summed E-state index contributed by atoms with van der Waals surface area (Å²) in [7, 11) is -4.08. The predicted octanol–water partition coefficient (Wildman–Crippen LogP) is 6.67. The molecule has 4 saturated heterocycles. The number of carbonyl (C=O) groups excluding carboxylic acids is 5. The molecule has 6 aliphatic heterocycles. The van der Waals surface area contributed by atoms with Gasteiger partial charge in [-0.1, -0.05) is 17.7 Å². The first kappa shape index (κ1) is 58.3. The van der Waals surface area contributed by atoms with Gasteiger partial charge in [-0.3, -0.25) is 23.8 Å². The number of ether oxygens (including phenoxy) is 4. The van der Waals surface area contributed by atoms with Gasteiger partial charge in [-0.25, -0.2) is 45.5 Å². The van der Waals surface area contributed by atoms with Crippen molar-refractivity contribution < 1.29 is 102 Å². The minimum Gasteiger partial charge on any atom is -0.489 e. The number of nitrogens with zero attached hydrogens (tertiary/aromatic N) is 4. The molecule has 5 N–H and O–H groups in total. The van der Waals surface area contributed by atoms with E-state index in [1.165, 1.54) is 52.0 Å². The fraction of sp³-hybridized carbons (Fsp3) is 0.500. The van der Waals surface area contributed by atoms with E-state index in [2.05, 4.69) is 14.8 Å². The Bertz CT molecular complexity index is 2640. The van der Waals surface area contributed by atoms with Gasteiger partial charge in [-0.15, -0.1) is 0 Å². The van der Waals surface area contributed by atoms with Crippen LogP contribution in [0.5, 0.6) is 11.5 Å². The number of amides is 2. The highest BCUT2D eigenvalue weighted by Crippen LogP contribution is 2.45. The molecule has 0 bridgehead atoms. The average Bonchev–Trinajstić information content (AvgIpc) is 3.82. The molecule has 6 aliphatic rings. The van der Waals surface area contributed by atoms with Crippen LogP contribution in [0.4, 0.5) is 58.7 Å².